The normalized spacial score (nSPS) is 12.7. The average Bonchev–Trinajstić information content (AvgIpc) is 2.76. The maximum absolute atomic E-state index is 10.8. The molecule has 0 amide bonds. The monoisotopic (exact) mass is 308 g/mol. The number of hydrogen-bond acceptors (Lipinski definition) is 3. The van der Waals surface area contributed by atoms with Crippen molar-refractivity contribution in [2.24, 2.45) is 0 Å². The van der Waals surface area contributed by atoms with E-state index in [0.29, 0.717) is 23.9 Å². The van der Waals surface area contributed by atoms with E-state index in [4.69, 9.17) is 16.3 Å². The van der Waals surface area contributed by atoms with Crippen molar-refractivity contribution < 1.29 is 9.84 Å². The van der Waals surface area contributed by atoms with Crippen molar-refractivity contribution in [3.8, 4) is 0 Å². The number of aromatic nitrogens is 2. The zero-order valence-corrected chi connectivity index (χ0v) is 13.6. The second-order valence-corrected chi connectivity index (χ2v) is 5.72. The molecule has 0 aliphatic heterocycles. The van der Waals surface area contributed by atoms with Gasteiger partial charge in [-0.1, -0.05) is 29.3 Å². The molecule has 0 fully saturated rings. The summed E-state index contributed by atoms with van der Waals surface area (Å²) in [6, 6.07) is 4.13. The molecular formula is C16H21ClN2O2. The predicted octanol–water partition coefficient (Wildman–Crippen LogP) is 3.19. The largest absolute Gasteiger partial charge is 0.383 e. The molecule has 4 nitrogen and oxygen atoms in total. The fraction of sp³-hybridized carbons (Fsp3) is 0.438. The Hall–Kier alpha value is -1.36. The molecule has 5 heteroatoms. The number of halogens is 1. The fourth-order valence-electron chi connectivity index (χ4n) is 2.76. The summed E-state index contributed by atoms with van der Waals surface area (Å²) in [7, 11) is 1.63. The van der Waals surface area contributed by atoms with Crippen molar-refractivity contribution in [3.05, 3.63) is 51.3 Å². The van der Waals surface area contributed by atoms with Crippen molar-refractivity contribution >= 4 is 11.6 Å². The van der Waals surface area contributed by atoms with Gasteiger partial charge in [0.1, 0.15) is 6.10 Å². The SMILES string of the molecule is COCCn1ncc(Cl)c1C(O)c1c(C)cc(C)cc1C. The first-order valence-electron chi connectivity index (χ1n) is 6.91. The summed E-state index contributed by atoms with van der Waals surface area (Å²) >= 11 is 6.22. The molecule has 0 bridgehead atoms. The minimum Gasteiger partial charge on any atom is -0.383 e. The standard InChI is InChI=1S/C16H21ClN2O2/c1-10-7-11(2)14(12(3)8-10)16(20)15-13(17)9-18-19(15)5-6-21-4/h7-9,16,20H,5-6H2,1-4H3. The van der Waals surface area contributed by atoms with Crippen LogP contribution in [0.5, 0.6) is 0 Å². The molecule has 0 saturated carbocycles. The Kier molecular flexibility index (Phi) is 5.04. The molecule has 0 saturated heterocycles. The van der Waals surface area contributed by atoms with Crippen LogP contribution in [-0.2, 0) is 11.3 Å². The Bertz CT molecular complexity index is 614. The van der Waals surface area contributed by atoms with E-state index in [0.717, 1.165) is 16.7 Å². The third-order valence-corrected chi connectivity index (χ3v) is 3.90. The molecule has 1 aromatic heterocycles. The van der Waals surface area contributed by atoms with E-state index in [1.807, 2.05) is 20.8 Å². The van der Waals surface area contributed by atoms with Gasteiger partial charge in [-0.2, -0.15) is 5.10 Å². The lowest BCUT2D eigenvalue weighted by atomic mass is 9.94. The summed E-state index contributed by atoms with van der Waals surface area (Å²) in [5, 5.41) is 15.5. The molecular weight excluding hydrogens is 288 g/mol. The Morgan fingerprint density at radius 2 is 1.90 bits per heavy atom. The molecule has 0 aliphatic rings. The zero-order chi connectivity index (χ0) is 15.6. The van der Waals surface area contributed by atoms with E-state index in [-0.39, 0.29) is 0 Å². The van der Waals surface area contributed by atoms with E-state index >= 15 is 0 Å². The average molecular weight is 309 g/mol. The number of rotatable bonds is 5. The summed E-state index contributed by atoms with van der Waals surface area (Å²) in [6.45, 7) is 7.12. The van der Waals surface area contributed by atoms with Crippen LogP contribution in [0.3, 0.4) is 0 Å². The smallest absolute Gasteiger partial charge is 0.123 e. The molecule has 1 unspecified atom stereocenters. The highest BCUT2D eigenvalue weighted by molar-refractivity contribution is 6.31. The summed E-state index contributed by atoms with van der Waals surface area (Å²) < 4.78 is 6.78. The second kappa shape index (κ2) is 6.60. The first-order chi connectivity index (χ1) is 9.95. The van der Waals surface area contributed by atoms with Crippen molar-refractivity contribution in [2.45, 2.75) is 33.4 Å². The predicted molar refractivity (Wildman–Crippen MR) is 83.8 cm³/mol. The molecule has 0 spiro atoms. The minimum atomic E-state index is -0.794. The molecule has 1 atom stereocenters. The first-order valence-corrected chi connectivity index (χ1v) is 7.29. The lowest BCUT2D eigenvalue weighted by molar-refractivity contribution is 0.171. The molecule has 1 heterocycles. The van der Waals surface area contributed by atoms with E-state index in [1.165, 1.54) is 5.56 Å². The maximum Gasteiger partial charge on any atom is 0.123 e. The Balaban J connectivity index is 2.45. The van der Waals surface area contributed by atoms with Gasteiger partial charge < -0.3 is 9.84 Å². The van der Waals surface area contributed by atoms with Gasteiger partial charge >= 0.3 is 0 Å². The molecule has 0 radical (unpaired) electrons. The van der Waals surface area contributed by atoms with Crippen LogP contribution in [0.2, 0.25) is 5.02 Å². The lowest BCUT2D eigenvalue weighted by Gasteiger charge is -2.19. The Morgan fingerprint density at radius 1 is 1.29 bits per heavy atom. The highest BCUT2D eigenvalue weighted by Gasteiger charge is 2.23. The van der Waals surface area contributed by atoms with Crippen LogP contribution in [0, 0.1) is 20.8 Å². The van der Waals surface area contributed by atoms with Crippen LogP contribution in [0.25, 0.3) is 0 Å². The second-order valence-electron chi connectivity index (χ2n) is 5.31. The van der Waals surface area contributed by atoms with Gasteiger partial charge in [0, 0.05) is 7.11 Å². The van der Waals surface area contributed by atoms with E-state index in [1.54, 1.807) is 18.0 Å². The number of ether oxygens (including phenoxy) is 1. The fourth-order valence-corrected chi connectivity index (χ4v) is 3.00. The van der Waals surface area contributed by atoms with Crippen LogP contribution in [0.4, 0.5) is 0 Å². The van der Waals surface area contributed by atoms with Gasteiger partial charge in [-0.25, -0.2) is 0 Å². The van der Waals surface area contributed by atoms with Gasteiger partial charge in [-0.3, -0.25) is 4.68 Å². The number of hydrogen-bond donors (Lipinski definition) is 1. The van der Waals surface area contributed by atoms with Gasteiger partial charge in [0.25, 0.3) is 0 Å². The summed E-state index contributed by atoms with van der Waals surface area (Å²) in [4.78, 5) is 0. The lowest BCUT2D eigenvalue weighted by Crippen LogP contribution is -2.15. The molecule has 114 valence electrons. The number of aryl methyl sites for hydroxylation is 3. The van der Waals surface area contributed by atoms with Gasteiger partial charge in [-0.15, -0.1) is 0 Å². The van der Waals surface area contributed by atoms with Crippen LogP contribution in [-0.4, -0.2) is 28.6 Å². The van der Waals surface area contributed by atoms with Gasteiger partial charge in [0.2, 0.25) is 0 Å². The van der Waals surface area contributed by atoms with E-state index in [2.05, 4.69) is 17.2 Å². The molecule has 2 aromatic rings. The highest BCUT2D eigenvalue weighted by atomic mass is 35.5. The summed E-state index contributed by atoms with van der Waals surface area (Å²) in [5.74, 6) is 0. The van der Waals surface area contributed by atoms with E-state index < -0.39 is 6.10 Å². The number of aliphatic hydroxyl groups excluding tert-OH is 1. The minimum absolute atomic E-state index is 0.470. The van der Waals surface area contributed by atoms with Crippen LogP contribution in [0.15, 0.2) is 18.3 Å². The van der Waals surface area contributed by atoms with E-state index in [9.17, 15) is 5.11 Å². The summed E-state index contributed by atoms with van der Waals surface area (Å²) in [6.07, 6.45) is 0.770. The van der Waals surface area contributed by atoms with Crippen molar-refractivity contribution in [1.29, 1.82) is 0 Å². The first kappa shape index (κ1) is 16.0. The van der Waals surface area contributed by atoms with Crippen molar-refractivity contribution in [1.82, 2.24) is 9.78 Å². The molecule has 1 N–H and O–H groups in total. The molecule has 2 rings (SSSR count). The Labute approximate surface area is 130 Å². The number of methoxy groups -OCH3 is 1. The molecule has 1 aromatic carbocycles. The summed E-state index contributed by atoms with van der Waals surface area (Å²) in [5.41, 5.74) is 4.79. The van der Waals surface area contributed by atoms with Crippen LogP contribution < -0.4 is 0 Å². The topological polar surface area (TPSA) is 47.3 Å². The maximum atomic E-state index is 10.8. The van der Waals surface area contributed by atoms with Crippen LogP contribution >= 0.6 is 11.6 Å². The number of nitrogens with zero attached hydrogens (tertiary/aromatic N) is 2. The third-order valence-electron chi connectivity index (χ3n) is 3.61. The van der Waals surface area contributed by atoms with Crippen LogP contribution in [0.1, 0.15) is 34.1 Å². The Morgan fingerprint density at radius 3 is 2.48 bits per heavy atom. The zero-order valence-electron chi connectivity index (χ0n) is 12.9. The van der Waals surface area contributed by atoms with Gasteiger partial charge in [0.05, 0.1) is 30.1 Å². The molecule has 0 aliphatic carbocycles. The van der Waals surface area contributed by atoms with Gasteiger partial charge in [-0.05, 0) is 37.5 Å². The highest BCUT2D eigenvalue weighted by Crippen LogP contribution is 2.32. The van der Waals surface area contributed by atoms with Crippen molar-refractivity contribution in [3.63, 3.8) is 0 Å². The third kappa shape index (κ3) is 3.28. The number of benzene rings is 1. The number of aliphatic hydroxyl groups is 1. The molecule has 21 heavy (non-hydrogen) atoms. The van der Waals surface area contributed by atoms with Crippen molar-refractivity contribution in [2.75, 3.05) is 13.7 Å². The quantitative estimate of drug-likeness (QED) is 0.923. The van der Waals surface area contributed by atoms with Gasteiger partial charge in [0.15, 0.2) is 0 Å².